The Morgan fingerprint density at radius 2 is 2.09 bits per heavy atom. The molecule has 1 spiro atoms. The summed E-state index contributed by atoms with van der Waals surface area (Å²) in [7, 11) is 3.13. The summed E-state index contributed by atoms with van der Waals surface area (Å²) in [5, 5.41) is 0.643. The summed E-state index contributed by atoms with van der Waals surface area (Å²) in [6, 6.07) is 3.06. The van der Waals surface area contributed by atoms with Crippen LogP contribution in [0.3, 0.4) is 0 Å². The molecule has 0 aliphatic carbocycles. The summed E-state index contributed by atoms with van der Waals surface area (Å²) in [5.41, 5.74) is -0.323. The number of benzene rings is 1. The summed E-state index contributed by atoms with van der Waals surface area (Å²) in [5.74, 6) is 0.0521. The number of methoxy groups -OCH3 is 1. The highest BCUT2D eigenvalue weighted by Crippen LogP contribution is 2.36. The maximum absolute atomic E-state index is 12.8. The standard InChI is InChI=1S/C15H16Cl2N2O4/c1-18-7-15(23-14(18)21)3-4-19(8-15)13(20)10-5-9(16)6-11(17)12(10)22-2/h5-6H,3-4,7-8H2,1-2H3. The second-order valence-electron chi connectivity index (χ2n) is 5.85. The zero-order valence-corrected chi connectivity index (χ0v) is 14.3. The van der Waals surface area contributed by atoms with E-state index in [1.165, 1.54) is 24.1 Å². The molecule has 124 valence electrons. The number of nitrogens with zero attached hydrogens (tertiary/aromatic N) is 2. The first-order valence-corrected chi connectivity index (χ1v) is 7.87. The SMILES string of the molecule is COc1c(Cl)cc(Cl)cc1C(=O)N1CCC2(CN(C)C(=O)O2)C1. The quantitative estimate of drug-likeness (QED) is 0.815. The van der Waals surface area contributed by atoms with Crippen molar-refractivity contribution in [1.82, 2.24) is 9.80 Å². The molecule has 1 unspecified atom stereocenters. The van der Waals surface area contributed by atoms with Gasteiger partial charge in [0, 0.05) is 25.0 Å². The van der Waals surface area contributed by atoms with Crippen molar-refractivity contribution in [2.75, 3.05) is 33.8 Å². The Kier molecular flexibility index (Phi) is 4.06. The summed E-state index contributed by atoms with van der Waals surface area (Å²) >= 11 is 12.1. The number of likely N-dealkylation sites (tertiary alicyclic amines) is 1. The van der Waals surface area contributed by atoms with Crippen molar-refractivity contribution in [1.29, 1.82) is 0 Å². The summed E-state index contributed by atoms with van der Waals surface area (Å²) in [4.78, 5) is 27.6. The number of halogens is 2. The molecule has 2 heterocycles. The Morgan fingerprint density at radius 3 is 2.70 bits per heavy atom. The Labute approximate surface area is 143 Å². The number of hydrogen-bond acceptors (Lipinski definition) is 4. The lowest BCUT2D eigenvalue weighted by molar-refractivity contribution is 0.0551. The highest BCUT2D eigenvalue weighted by Gasteiger charge is 2.49. The van der Waals surface area contributed by atoms with E-state index in [4.69, 9.17) is 32.7 Å². The Balaban J connectivity index is 1.84. The van der Waals surface area contributed by atoms with Crippen LogP contribution in [0, 0.1) is 0 Å². The van der Waals surface area contributed by atoms with Crippen LogP contribution in [0.25, 0.3) is 0 Å². The predicted molar refractivity (Wildman–Crippen MR) is 85.4 cm³/mol. The molecule has 2 aliphatic rings. The number of likely N-dealkylation sites (N-methyl/N-ethyl adjacent to an activating group) is 1. The van der Waals surface area contributed by atoms with E-state index in [0.717, 1.165) is 0 Å². The number of carbonyl (C=O) groups is 2. The van der Waals surface area contributed by atoms with Crippen molar-refractivity contribution in [3.8, 4) is 5.75 Å². The molecule has 0 radical (unpaired) electrons. The predicted octanol–water partition coefficient (Wildman–Crippen LogP) is 2.67. The van der Waals surface area contributed by atoms with E-state index in [1.54, 1.807) is 11.9 Å². The average molecular weight is 359 g/mol. The van der Waals surface area contributed by atoms with Crippen molar-refractivity contribution >= 4 is 35.2 Å². The van der Waals surface area contributed by atoms with Gasteiger partial charge < -0.3 is 19.3 Å². The number of amides is 2. The first-order chi connectivity index (χ1) is 10.8. The molecule has 2 aliphatic heterocycles. The fraction of sp³-hybridized carbons (Fsp3) is 0.467. The van der Waals surface area contributed by atoms with Crippen molar-refractivity contribution < 1.29 is 19.1 Å². The van der Waals surface area contributed by atoms with Crippen LogP contribution in [-0.2, 0) is 4.74 Å². The van der Waals surface area contributed by atoms with Gasteiger partial charge in [0.15, 0.2) is 5.60 Å². The Hall–Kier alpha value is -1.66. The summed E-state index contributed by atoms with van der Waals surface area (Å²) < 4.78 is 10.7. The molecule has 2 saturated heterocycles. The molecule has 8 heteroatoms. The van der Waals surface area contributed by atoms with Gasteiger partial charge in [0.05, 0.1) is 30.8 Å². The molecule has 2 fully saturated rings. The molecule has 6 nitrogen and oxygen atoms in total. The zero-order chi connectivity index (χ0) is 16.8. The molecule has 0 aromatic heterocycles. The van der Waals surface area contributed by atoms with E-state index in [-0.39, 0.29) is 17.0 Å². The van der Waals surface area contributed by atoms with Crippen LogP contribution >= 0.6 is 23.2 Å². The van der Waals surface area contributed by atoms with E-state index in [0.29, 0.717) is 42.4 Å². The van der Waals surface area contributed by atoms with E-state index < -0.39 is 5.60 Å². The number of rotatable bonds is 2. The van der Waals surface area contributed by atoms with Gasteiger partial charge in [-0.15, -0.1) is 0 Å². The van der Waals surface area contributed by atoms with Crippen LogP contribution in [0.5, 0.6) is 5.75 Å². The molecule has 1 atom stereocenters. The maximum atomic E-state index is 12.8. The first-order valence-electron chi connectivity index (χ1n) is 7.12. The van der Waals surface area contributed by atoms with Crippen LogP contribution in [-0.4, -0.2) is 61.2 Å². The molecular formula is C15H16Cl2N2O4. The molecule has 0 bridgehead atoms. The van der Waals surface area contributed by atoms with E-state index in [1.807, 2.05) is 0 Å². The van der Waals surface area contributed by atoms with Gasteiger partial charge in [0.2, 0.25) is 0 Å². The molecule has 3 rings (SSSR count). The monoisotopic (exact) mass is 358 g/mol. The van der Waals surface area contributed by atoms with Crippen LogP contribution < -0.4 is 4.74 Å². The molecule has 0 saturated carbocycles. The first kappa shape index (κ1) is 16.2. The van der Waals surface area contributed by atoms with Gasteiger partial charge in [0.25, 0.3) is 5.91 Å². The summed E-state index contributed by atoms with van der Waals surface area (Å²) in [6.07, 6.45) is 0.244. The fourth-order valence-electron chi connectivity index (χ4n) is 3.12. The van der Waals surface area contributed by atoms with Crippen LogP contribution in [0.15, 0.2) is 12.1 Å². The van der Waals surface area contributed by atoms with Gasteiger partial charge in [-0.3, -0.25) is 4.79 Å². The highest BCUT2D eigenvalue weighted by atomic mass is 35.5. The third kappa shape index (κ3) is 2.81. The Bertz CT molecular complexity index is 682. The average Bonchev–Trinajstić information content (AvgIpc) is 3.01. The van der Waals surface area contributed by atoms with Crippen molar-refractivity contribution in [2.45, 2.75) is 12.0 Å². The van der Waals surface area contributed by atoms with Crippen molar-refractivity contribution in [2.24, 2.45) is 0 Å². The van der Waals surface area contributed by atoms with Crippen LogP contribution in [0.2, 0.25) is 10.0 Å². The van der Waals surface area contributed by atoms with E-state index in [9.17, 15) is 9.59 Å². The van der Waals surface area contributed by atoms with Gasteiger partial charge in [0.1, 0.15) is 5.75 Å². The minimum atomic E-state index is -0.628. The normalized spacial score (nSPS) is 23.6. The Morgan fingerprint density at radius 1 is 1.35 bits per heavy atom. The van der Waals surface area contributed by atoms with Crippen LogP contribution in [0.4, 0.5) is 4.79 Å². The van der Waals surface area contributed by atoms with Gasteiger partial charge in [-0.1, -0.05) is 23.2 Å². The smallest absolute Gasteiger partial charge is 0.410 e. The molecular weight excluding hydrogens is 343 g/mol. The molecule has 0 N–H and O–H groups in total. The lowest BCUT2D eigenvalue weighted by Gasteiger charge is -2.22. The fourth-order valence-corrected chi connectivity index (χ4v) is 3.69. The minimum absolute atomic E-state index is 0.242. The van der Waals surface area contributed by atoms with E-state index >= 15 is 0 Å². The maximum Gasteiger partial charge on any atom is 0.410 e. The molecule has 23 heavy (non-hydrogen) atoms. The van der Waals surface area contributed by atoms with Crippen molar-refractivity contribution in [3.05, 3.63) is 27.7 Å². The summed E-state index contributed by atoms with van der Waals surface area (Å²) in [6.45, 7) is 1.31. The lowest BCUT2D eigenvalue weighted by Crippen LogP contribution is -2.39. The van der Waals surface area contributed by atoms with E-state index in [2.05, 4.69) is 0 Å². The third-order valence-electron chi connectivity index (χ3n) is 4.19. The third-order valence-corrected chi connectivity index (χ3v) is 4.69. The zero-order valence-electron chi connectivity index (χ0n) is 12.8. The topological polar surface area (TPSA) is 59.1 Å². The van der Waals surface area contributed by atoms with Gasteiger partial charge in [-0.2, -0.15) is 0 Å². The molecule has 1 aromatic carbocycles. The number of ether oxygens (including phenoxy) is 2. The molecule has 1 aromatic rings. The second kappa shape index (κ2) is 5.76. The number of carbonyl (C=O) groups excluding carboxylic acids is 2. The van der Waals surface area contributed by atoms with Gasteiger partial charge in [-0.05, 0) is 12.1 Å². The second-order valence-corrected chi connectivity index (χ2v) is 6.70. The van der Waals surface area contributed by atoms with Crippen LogP contribution in [0.1, 0.15) is 16.8 Å². The van der Waals surface area contributed by atoms with Crippen molar-refractivity contribution in [3.63, 3.8) is 0 Å². The highest BCUT2D eigenvalue weighted by molar-refractivity contribution is 6.36. The lowest BCUT2D eigenvalue weighted by atomic mass is 10.0. The van der Waals surface area contributed by atoms with Gasteiger partial charge >= 0.3 is 6.09 Å². The number of hydrogen-bond donors (Lipinski definition) is 0. The van der Waals surface area contributed by atoms with Gasteiger partial charge in [-0.25, -0.2) is 4.79 Å². The largest absolute Gasteiger partial charge is 0.494 e. The molecule has 2 amide bonds. The minimum Gasteiger partial charge on any atom is -0.494 e.